The number of furan rings is 1. The van der Waals surface area contributed by atoms with Gasteiger partial charge in [-0.15, -0.1) is 0 Å². The maximum atomic E-state index is 6.02. The molecule has 0 saturated heterocycles. The molecule has 1 heterocycles. The van der Waals surface area contributed by atoms with E-state index in [1.165, 1.54) is 25.7 Å². The highest BCUT2D eigenvalue weighted by Crippen LogP contribution is 2.28. The molecule has 0 bridgehead atoms. The first-order chi connectivity index (χ1) is 9.70. The summed E-state index contributed by atoms with van der Waals surface area (Å²) in [6.45, 7) is 0.777. The van der Waals surface area contributed by atoms with Gasteiger partial charge in [0.15, 0.2) is 0 Å². The molecule has 4 heteroatoms. The van der Waals surface area contributed by atoms with Gasteiger partial charge in [-0.05, 0) is 43.2 Å². The maximum Gasteiger partial charge on any atom is 0.134 e. The highest BCUT2D eigenvalue weighted by Gasteiger charge is 2.15. The smallest absolute Gasteiger partial charge is 0.134 e. The predicted molar refractivity (Wildman–Crippen MR) is 83.3 cm³/mol. The topological polar surface area (TPSA) is 25.2 Å². The second-order valence-electron chi connectivity index (χ2n) is 5.29. The summed E-state index contributed by atoms with van der Waals surface area (Å²) in [6, 6.07) is 10.1. The predicted octanol–water partition coefficient (Wildman–Crippen LogP) is 5.29. The van der Waals surface area contributed by atoms with E-state index in [2.05, 4.69) is 5.32 Å². The first-order valence-corrected chi connectivity index (χ1v) is 7.75. The number of rotatable bonds is 4. The zero-order chi connectivity index (χ0) is 13.9. The van der Waals surface area contributed by atoms with Crippen molar-refractivity contribution in [3.05, 3.63) is 46.1 Å². The van der Waals surface area contributed by atoms with Crippen LogP contribution < -0.4 is 5.32 Å². The standard InChI is InChI=1S/C16H17Cl2NO/c17-12-7-11(8-13(18)9-12)16-6-5-15(20-16)10-19-14-3-1-2-4-14/h5-9,14,19H,1-4,10H2. The van der Waals surface area contributed by atoms with E-state index in [0.717, 1.165) is 23.6 Å². The second kappa shape index (κ2) is 6.21. The third kappa shape index (κ3) is 3.38. The molecule has 0 atom stereocenters. The van der Waals surface area contributed by atoms with Gasteiger partial charge in [0, 0.05) is 21.7 Å². The fourth-order valence-corrected chi connectivity index (χ4v) is 3.23. The van der Waals surface area contributed by atoms with Crippen LogP contribution >= 0.6 is 23.2 Å². The fourth-order valence-electron chi connectivity index (χ4n) is 2.70. The van der Waals surface area contributed by atoms with Crippen molar-refractivity contribution in [2.24, 2.45) is 0 Å². The van der Waals surface area contributed by atoms with Gasteiger partial charge in [0.2, 0.25) is 0 Å². The zero-order valence-electron chi connectivity index (χ0n) is 11.2. The zero-order valence-corrected chi connectivity index (χ0v) is 12.7. The van der Waals surface area contributed by atoms with Gasteiger partial charge < -0.3 is 9.73 Å². The Morgan fingerprint density at radius 3 is 2.45 bits per heavy atom. The molecule has 2 aromatic rings. The number of hydrogen-bond donors (Lipinski definition) is 1. The van der Waals surface area contributed by atoms with Gasteiger partial charge in [-0.3, -0.25) is 0 Å². The molecule has 1 fully saturated rings. The van der Waals surface area contributed by atoms with E-state index in [-0.39, 0.29) is 0 Å². The first-order valence-electron chi connectivity index (χ1n) is 6.99. The molecular weight excluding hydrogens is 293 g/mol. The van der Waals surface area contributed by atoms with Crippen LogP contribution in [0.4, 0.5) is 0 Å². The summed E-state index contributed by atoms with van der Waals surface area (Å²) in [5.41, 5.74) is 0.912. The summed E-state index contributed by atoms with van der Waals surface area (Å²) >= 11 is 12.0. The quantitative estimate of drug-likeness (QED) is 0.830. The molecule has 0 aliphatic heterocycles. The van der Waals surface area contributed by atoms with E-state index in [4.69, 9.17) is 27.6 Å². The SMILES string of the molecule is Clc1cc(Cl)cc(-c2ccc(CNC3CCCC3)o2)c1. The molecule has 0 amide bonds. The van der Waals surface area contributed by atoms with Crippen molar-refractivity contribution in [1.82, 2.24) is 5.32 Å². The fraction of sp³-hybridized carbons (Fsp3) is 0.375. The number of halogens is 2. The minimum Gasteiger partial charge on any atom is -0.460 e. The van der Waals surface area contributed by atoms with Gasteiger partial charge in [0.05, 0.1) is 6.54 Å². The molecule has 1 N–H and O–H groups in total. The Kier molecular flexibility index (Phi) is 4.35. The van der Waals surface area contributed by atoms with Gasteiger partial charge in [-0.25, -0.2) is 0 Å². The molecule has 1 aromatic heterocycles. The third-order valence-corrected chi connectivity index (χ3v) is 4.17. The summed E-state index contributed by atoms with van der Waals surface area (Å²) in [5.74, 6) is 1.75. The lowest BCUT2D eigenvalue weighted by Crippen LogP contribution is -2.24. The number of benzene rings is 1. The van der Waals surface area contributed by atoms with Crippen LogP contribution in [0.5, 0.6) is 0 Å². The number of hydrogen-bond acceptors (Lipinski definition) is 2. The van der Waals surface area contributed by atoms with Crippen LogP contribution in [-0.2, 0) is 6.54 Å². The Bertz CT molecular complexity index is 568. The molecular formula is C16H17Cl2NO. The summed E-state index contributed by atoms with van der Waals surface area (Å²) in [4.78, 5) is 0. The highest BCUT2D eigenvalue weighted by atomic mass is 35.5. The summed E-state index contributed by atoms with van der Waals surface area (Å²) in [7, 11) is 0. The van der Waals surface area contributed by atoms with Crippen molar-refractivity contribution in [3.63, 3.8) is 0 Å². The normalized spacial score (nSPS) is 15.9. The van der Waals surface area contributed by atoms with Crippen LogP contribution in [0.2, 0.25) is 10.0 Å². The van der Waals surface area contributed by atoms with Crippen molar-refractivity contribution in [2.75, 3.05) is 0 Å². The van der Waals surface area contributed by atoms with Crippen LogP contribution in [0.15, 0.2) is 34.7 Å². The van der Waals surface area contributed by atoms with E-state index < -0.39 is 0 Å². The van der Waals surface area contributed by atoms with Gasteiger partial charge >= 0.3 is 0 Å². The van der Waals surface area contributed by atoms with Crippen LogP contribution in [0, 0.1) is 0 Å². The van der Waals surface area contributed by atoms with E-state index in [0.29, 0.717) is 16.1 Å². The van der Waals surface area contributed by atoms with Gasteiger partial charge in [-0.1, -0.05) is 36.0 Å². The van der Waals surface area contributed by atoms with Crippen LogP contribution in [0.1, 0.15) is 31.4 Å². The molecule has 1 aliphatic carbocycles. The van der Waals surface area contributed by atoms with Gasteiger partial charge in [-0.2, -0.15) is 0 Å². The van der Waals surface area contributed by atoms with Crippen molar-refractivity contribution in [1.29, 1.82) is 0 Å². The highest BCUT2D eigenvalue weighted by molar-refractivity contribution is 6.35. The molecule has 1 aliphatic rings. The lowest BCUT2D eigenvalue weighted by atomic mass is 10.2. The Morgan fingerprint density at radius 1 is 1.05 bits per heavy atom. The van der Waals surface area contributed by atoms with Crippen LogP contribution in [0.3, 0.4) is 0 Å². The van der Waals surface area contributed by atoms with E-state index in [1.54, 1.807) is 6.07 Å². The maximum absolute atomic E-state index is 6.02. The Balaban J connectivity index is 1.69. The average Bonchev–Trinajstić information content (AvgIpc) is 3.07. The lowest BCUT2D eigenvalue weighted by Gasteiger charge is -2.09. The molecule has 2 nitrogen and oxygen atoms in total. The van der Waals surface area contributed by atoms with Gasteiger partial charge in [0.25, 0.3) is 0 Å². The lowest BCUT2D eigenvalue weighted by molar-refractivity contribution is 0.452. The monoisotopic (exact) mass is 309 g/mol. The summed E-state index contributed by atoms with van der Waals surface area (Å²) in [5, 5.41) is 4.78. The molecule has 0 radical (unpaired) electrons. The third-order valence-electron chi connectivity index (χ3n) is 3.73. The molecule has 20 heavy (non-hydrogen) atoms. The van der Waals surface area contributed by atoms with E-state index in [1.807, 2.05) is 24.3 Å². The molecule has 0 spiro atoms. The Morgan fingerprint density at radius 2 is 1.75 bits per heavy atom. The largest absolute Gasteiger partial charge is 0.460 e. The van der Waals surface area contributed by atoms with Crippen molar-refractivity contribution >= 4 is 23.2 Å². The molecule has 1 saturated carbocycles. The van der Waals surface area contributed by atoms with Crippen LogP contribution in [-0.4, -0.2) is 6.04 Å². The van der Waals surface area contributed by atoms with Crippen molar-refractivity contribution < 1.29 is 4.42 Å². The Hall–Kier alpha value is -0.960. The van der Waals surface area contributed by atoms with E-state index >= 15 is 0 Å². The summed E-state index contributed by atoms with van der Waals surface area (Å²) < 4.78 is 5.86. The second-order valence-corrected chi connectivity index (χ2v) is 6.16. The summed E-state index contributed by atoms with van der Waals surface area (Å²) in [6.07, 6.45) is 5.22. The Labute approximate surface area is 129 Å². The molecule has 0 unspecified atom stereocenters. The minimum absolute atomic E-state index is 0.620. The number of nitrogens with one attached hydrogen (secondary N) is 1. The van der Waals surface area contributed by atoms with Crippen LogP contribution in [0.25, 0.3) is 11.3 Å². The van der Waals surface area contributed by atoms with Crippen molar-refractivity contribution in [3.8, 4) is 11.3 Å². The molecule has 3 rings (SSSR count). The molecule has 106 valence electrons. The first kappa shape index (κ1) is 14.0. The van der Waals surface area contributed by atoms with Gasteiger partial charge in [0.1, 0.15) is 11.5 Å². The minimum atomic E-state index is 0.620. The van der Waals surface area contributed by atoms with Crippen molar-refractivity contribution in [2.45, 2.75) is 38.3 Å². The molecule has 1 aromatic carbocycles. The van der Waals surface area contributed by atoms with E-state index in [9.17, 15) is 0 Å². The average molecular weight is 310 g/mol.